The van der Waals surface area contributed by atoms with Crippen molar-refractivity contribution in [1.82, 2.24) is 0 Å². The van der Waals surface area contributed by atoms with Gasteiger partial charge in [0.1, 0.15) is 0 Å². The summed E-state index contributed by atoms with van der Waals surface area (Å²) in [5.74, 6) is -0.238. The topological polar surface area (TPSA) is 26.3 Å². The van der Waals surface area contributed by atoms with Crippen LogP contribution >= 0.6 is 15.9 Å². The van der Waals surface area contributed by atoms with Crippen LogP contribution in [0.2, 0.25) is 0 Å². The lowest BCUT2D eigenvalue weighted by molar-refractivity contribution is -0.137. The first kappa shape index (κ1) is 12.4. The molecule has 0 fully saturated rings. The van der Waals surface area contributed by atoms with Gasteiger partial charge in [-0.1, -0.05) is 22.0 Å². The number of hydrogen-bond donors (Lipinski definition) is 0. The SMILES string of the molecule is CCOC(=O)/C=C1\CCCc2cc(Br)ccc21. The summed E-state index contributed by atoms with van der Waals surface area (Å²) in [6, 6.07) is 6.22. The smallest absolute Gasteiger partial charge is 0.331 e. The van der Waals surface area contributed by atoms with Gasteiger partial charge in [0.25, 0.3) is 0 Å². The van der Waals surface area contributed by atoms with E-state index in [4.69, 9.17) is 4.74 Å². The van der Waals surface area contributed by atoms with Gasteiger partial charge in [-0.3, -0.25) is 0 Å². The summed E-state index contributed by atoms with van der Waals surface area (Å²) in [4.78, 5) is 11.5. The third kappa shape index (κ3) is 2.97. The summed E-state index contributed by atoms with van der Waals surface area (Å²) >= 11 is 3.47. The molecule has 0 heterocycles. The number of hydrogen-bond acceptors (Lipinski definition) is 2. The van der Waals surface area contributed by atoms with E-state index in [2.05, 4.69) is 28.1 Å². The summed E-state index contributed by atoms with van der Waals surface area (Å²) in [5, 5.41) is 0. The second-order valence-electron chi connectivity index (χ2n) is 4.08. The third-order valence-corrected chi connectivity index (χ3v) is 3.38. The molecular weight excluding hydrogens is 280 g/mol. The molecule has 0 amide bonds. The normalized spacial score (nSPS) is 16.7. The van der Waals surface area contributed by atoms with E-state index in [1.165, 1.54) is 11.1 Å². The van der Waals surface area contributed by atoms with E-state index in [0.717, 1.165) is 29.3 Å². The number of esters is 1. The highest BCUT2D eigenvalue weighted by molar-refractivity contribution is 9.10. The number of halogens is 1. The van der Waals surface area contributed by atoms with Crippen molar-refractivity contribution in [2.45, 2.75) is 26.2 Å². The van der Waals surface area contributed by atoms with Crippen LogP contribution in [0, 0.1) is 0 Å². The Morgan fingerprint density at radius 3 is 3.06 bits per heavy atom. The Balaban J connectivity index is 2.31. The highest BCUT2D eigenvalue weighted by atomic mass is 79.9. The molecule has 2 rings (SSSR count). The van der Waals surface area contributed by atoms with Crippen LogP contribution in [0.1, 0.15) is 30.9 Å². The number of carbonyl (C=O) groups excluding carboxylic acids is 1. The molecule has 90 valence electrons. The van der Waals surface area contributed by atoms with Crippen molar-refractivity contribution in [3.8, 4) is 0 Å². The monoisotopic (exact) mass is 294 g/mol. The molecule has 0 aliphatic heterocycles. The number of ether oxygens (including phenoxy) is 1. The first-order chi connectivity index (χ1) is 8.20. The van der Waals surface area contributed by atoms with Gasteiger partial charge in [-0.15, -0.1) is 0 Å². The summed E-state index contributed by atoms with van der Waals surface area (Å²) in [6.07, 6.45) is 4.76. The lowest BCUT2D eigenvalue weighted by atomic mass is 9.87. The van der Waals surface area contributed by atoms with Gasteiger partial charge in [-0.2, -0.15) is 0 Å². The van der Waals surface area contributed by atoms with E-state index in [9.17, 15) is 4.79 Å². The van der Waals surface area contributed by atoms with Crippen molar-refractivity contribution in [2.24, 2.45) is 0 Å². The fourth-order valence-corrected chi connectivity index (χ4v) is 2.57. The maximum absolute atomic E-state index is 11.5. The quantitative estimate of drug-likeness (QED) is 0.614. The molecule has 0 saturated carbocycles. The van der Waals surface area contributed by atoms with E-state index in [0.29, 0.717) is 6.61 Å². The lowest BCUT2D eigenvalue weighted by Crippen LogP contribution is -2.06. The molecule has 1 aromatic rings. The van der Waals surface area contributed by atoms with Crippen LogP contribution in [-0.2, 0) is 16.0 Å². The van der Waals surface area contributed by atoms with Gasteiger partial charge in [0.2, 0.25) is 0 Å². The van der Waals surface area contributed by atoms with Crippen LogP contribution in [0.4, 0.5) is 0 Å². The average Bonchev–Trinajstić information content (AvgIpc) is 2.29. The predicted octanol–water partition coefficient (Wildman–Crippen LogP) is 3.73. The Hall–Kier alpha value is -1.09. The van der Waals surface area contributed by atoms with E-state index in [1.54, 1.807) is 6.08 Å². The largest absolute Gasteiger partial charge is 0.463 e. The molecule has 0 spiro atoms. The fraction of sp³-hybridized carbons (Fsp3) is 0.357. The molecule has 1 aliphatic rings. The minimum Gasteiger partial charge on any atom is -0.463 e. The van der Waals surface area contributed by atoms with Crippen LogP contribution in [0.5, 0.6) is 0 Å². The molecule has 0 aromatic heterocycles. The molecule has 1 aromatic carbocycles. The standard InChI is InChI=1S/C14H15BrO2/c1-2-17-14(16)9-11-5-3-4-10-8-12(15)6-7-13(10)11/h6-9H,2-5H2,1H3/b11-9+. The van der Waals surface area contributed by atoms with Gasteiger partial charge >= 0.3 is 5.97 Å². The molecule has 1 aliphatic carbocycles. The van der Waals surface area contributed by atoms with E-state index in [1.807, 2.05) is 13.0 Å². The Morgan fingerprint density at radius 2 is 2.29 bits per heavy atom. The number of allylic oxidation sites excluding steroid dienone is 1. The molecule has 3 heteroatoms. The maximum Gasteiger partial charge on any atom is 0.331 e. The second-order valence-corrected chi connectivity index (χ2v) is 4.99. The lowest BCUT2D eigenvalue weighted by Gasteiger charge is -2.19. The average molecular weight is 295 g/mol. The zero-order valence-corrected chi connectivity index (χ0v) is 11.4. The van der Waals surface area contributed by atoms with Gasteiger partial charge in [0.05, 0.1) is 6.61 Å². The summed E-state index contributed by atoms with van der Waals surface area (Å²) in [5.41, 5.74) is 3.59. The molecule has 0 saturated heterocycles. The fourth-order valence-electron chi connectivity index (χ4n) is 2.16. The van der Waals surface area contributed by atoms with Gasteiger partial charge in [0, 0.05) is 10.5 Å². The van der Waals surface area contributed by atoms with E-state index >= 15 is 0 Å². The van der Waals surface area contributed by atoms with Crippen LogP contribution in [0.3, 0.4) is 0 Å². The first-order valence-corrected chi connectivity index (χ1v) is 6.66. The third-order valence-electron chi connectivity index (χ3n) is 2.88. The van der Waals surface area contributed by atoms with Crippen LogP contribution in [-0.4, -0.2) is 12.6 Å². The Morgan fingerprint density at radius 1 is 1.47 bits per heavy atom. The number of benzene rings is 1. The maximum atomic E-state index is 11.5. The van der Waals surface area contributed by atoms with Crippen molar-refractivity contribution in [3.05, 3.63) is 39.9 Å². The predicted molar refractivity (Wildman–Crippen MR) is 71.7 cm³/mol. The molecule has 17 heavy (non-hydrogen) atoms. The highest BCUT2D eigenvalue weighted by Crippen LogP contribution is 2.32. The van der Waals surface area contributed by atoms with Crippen molar-refractivity contribution >= 4 is 27.5 Å². The van der Waals surface area contributed by atoms with Crippen LogP contribution in [0.25, 0.3) is 5.57 Å². The zero-order valence-electron chi connectivity index (χ0n) is 9.83. The molecule has 0 unspecified atom stereocenters. The Kier molecular flexibility index (Phi) is 4.00. The number of carbonyl (C=O) groups is 1. The van der Waals surface area contributed by atoms with E-state index < -0.39 is 0 Å². The van der Waals surface area contributed by atoms with Gasteiger partial charge < -0.3 is 4.74 Å². The highest BCUT2D eigenvalue weighted by Gasteiger charge is 2.15. The zero-order chi connectivity index (χ0) is 12.3. The Labute approximate surface area is 110 Å². The van der Waals surface area contributed by atoms with Gasteiger partial charge in [-0.25, -0.2) is 4.79 Å². The Bertz CT molecular complexity index is 463. The van der Waals surface area contributed by atoms with Gasteiger partial charge in [0.15, 0.2) is 0 Å². The van der Waals surface area contributed by atoms with Crippen molar-refractivity contribution < 1.29 is 9.53 Å². The van der Waals surface area contributed by atoms with Crippen molar-refractivity contribution in [3.63, 3.8) is 0 Å². The minimum atomic E-state index is -0.238. The first-order valence-electron chi connectivity index (χ1n) is 5.87. The molecule has 0 N–H and O–H groups in total. The molecule has 0 atom stereocenters. The second kappa shape index (κ2) is 5.50. The van der Waals surface area contributed by atoms with Crippen molar-refractivity contribution in [1.29, 1.82) is 0 Å². The number of fused-ring (bicyclic) bond motifs is 1. The van der Waals surface area contributed by atoms with Crippen LogP contribution in [0.15, 0.2) is 28.7 Å². The molecule has 2 nitrogen and oxygen atoms in total. The van der Waals surface area contributed by atoms with E-state index in [-0.39, 0.29) is 5.97 Å². The number of rotatable bonds is 2. The van der Waals surface area contributed by atoms with Crippen LogP contribution < -0.4 is 0 Å². The minimum absolute atomic E-state index is 0.238. The van der Waals surface area contributed by atoms with Crippen molar-refractivity contribution in [2.75, 3.05) is 6.61 Å². The number of aryl methyl sites for hydroxylation is 1. The molecular formula is C14H15BrO2. The summed E-state index contributed by atoms with van der Waals surface area (Å²) in [6.45, 7) is 2.25. The molecule has 0 bridgehead atoms. The van der Waals surface area contributed by atoms with Gasteiger partial charge in [-0.05, 0) is 55.0 Å². The summed E-state index contributed by atoms with van der Waals surface area (Å²) < 4.78 is 6.05. The molecule has 0 radical (unpaired) electrons. The summed E-state index contributed by atoms with van der Waals surface area (Å²) in [7, 11) is 0.